The zero-order valence-corrected chi connectivity index (χ0v) is 14.9. The highest BCUT2D eigenvalue weighted by atomic mass is 16.5. The molecule has 1 amide bonds. The van der Waals surface area contributed by atoms with Crippen LogP contribution in [-0.4, -0.2) is 54.1 Å². The molecule has 3 rings (SSSR count). The van der Waals surface area contributed by atoms with Crippen LogP contribution in [0.5, 0.6) is 5.88 Å². The van der Waals surface area contributed by atoms with Crippen molar-refractivity contribution in [3.63, 3.8) is 0 Å². The van der Waals surface area contributed by atoms with E-state index in [-0.39, 0.29) is 12.0 Å². The smallest absolute Gasteiger partial charge is 0.257 e. The molecule has 1 saturated heterocycles. The Kier molecular flexibility index (Phi) is 5.32. The molecule has 0 unspecified atom stereocenters. The lowest BCUT2D eigenvalue weighted by atomic mass is 10.1. The minimum Gasteiger partial charge on any atom is -0.470 e. The number of carbonyl (C=O) groups excluding carboxylic acids is 1. The standard InChI is InChI=1S/C19H21N5O2/c1-23(2)17-18(22-10-9-21-17)26-16-4-3-11-24(13-16)19(25)15-7-5-14(12-20)6-8-15/h5-10,16H,3-4,11,13H2,1-2H3/t16-/m0/s1. The van der Waals surface area contributed by atoms with Crippen LogP contribution < -0.4 is 9.64 Å². The van der Waals surface area contributed by atoms with Crippen LogP contribution >= 0.6 is 0 Å². The van der Waals surface area contributed by atoms with Gasteiger partial charge in [0.2, 0.25) is 0 Å². The molecular formula is C19H21N5O2. The summed E-state index contributed by atoms with van der Waals surface area (Å²) in [4.78, 5) is 24.9. The average molecular weight is 351 g/mol. The van der Waals surface area contributed by atoms with Crippen LogP contribution in [-0.2, 0) is 0 Å². The SMILES string of the molecule is CN(C)c1nccnc1O[C@H]1CCCN(C(=O)c2ccc(C#N)cc2)C1. The number of hydrogen-bond donors (Lipinski definition) is 0. The molecule has 0 saturated carbocycles. The number of benzene rings is 1. The molecule has 2 aromatic rings. The van der Waals surface area contributed by atoms with Gasteiger partial charge in [-0.05, 0) is 37.1 Å². The molecule has 0 spiro atoms. The molecule has 7 heteroatoms. The first kappa shape index (κ1) is 17.7. The zero-order valence-electron chi connectivity index (χ0n) is 14.9. The summed E-state index contributed by atoms with van der Waals surface area (Å²) < 4.78 is 6.05. The van der Waals surface area contributed by atoms with E-state index in [0.717, 1.165) is 12.8 Å². The molecule has 26 heavy (non-hydrogen) atoms. The van der Waals surface area contributed by atoms with Crippen molar-refractivity contribution in [3.8, 4) is 11.9 Å². The van der Waals surface area contributed by atoms with Gasteiger partial charge in [-0.25, -0.2) is 9.97 Å². The Morgan fingerprint density at radius 1 is 1.27 bits per heavy atom. The van der Waals surface area contributed by atoms with Gasteiger partial charge in [-0.1, -0.05) is 0 Å². The van der Waals surface area contributed by atoms with Gasteiger partial charge in [0.25, 0.3) is 11.8 Å². The third kappa shape index (κ3) is 3.91. The number of anilines is 1. The van der Waals surface area contributed by atoms with Gasteiger partial charge in [0.05, 0.1) is 18.2 Å². The number of rotatable bonds is 4. The Hall–Kier alpha value is -3.14. The minimum atomic E-state index is -0.124. The Balaban J connectivity index is 1.69. The molecule has 1 fully saturated rings. The summed E-state index contributed by atoms with van der Waals surface area (Å²) in [5.74, 6) is 1.10. The zero-order chi connectivity index (χ0) is 18.5. The summed E-state index contributed by atoms with van der Waals surface area (Å²) in [6, 6.07) is 8.77. The lowest BCUT2D eigenvalue weighted by molar-refractivity contribution is 0.0528. The lowest BCUT2D eigenvalue weighted by Crippen LogP contribution is -2.44. The van der Waals surface area contributed by atoms with Gasteiger partial charge in [-0.3, -0.25) is 4.79 Å². The molecule has 0 bridgehead atoms. The topological polar surface area (TPSA) is 82.3 Å². The van der Waals surface area contributed by atoms with Crippen LogP contribution in [0.1, 0.15) is 28.8 Å². The third-order valence-electron chi connectivity index (χ3n) is 4.27. The fourth-order valence-electron chi connectivity index (χ4n) is 2.95. The van der Waals surface area contributed by atoms with E-state index in [1.165, 1.54) is 0 Å². The van der Waals surface area contributed by atoms with E-state index in [9.17, 15) is 4.79 Å². The molecule has 1 aliphatic rings. The van der Waals surface area contributed by atoms with Crippen LogP contribution in [0.15, 0.2) is 36.7 Å². The molecule has 2 heterocycles. The van der Waals surface area contributed by atoms with Crippen molar-refractivity contribution in [2.75, 3.05) is 32.1 Å². The summed E-state index contributed by atoms with van der Waals surface area (Å²) in [7, 11) is 3.77. The summed E-state index contributed by atoms with van der Waals surface area (Å²) in [6.45, 7) is 1.20. The van der Waals surface area contributed by atoms with Crippen molar-refractivity contribution in [2.24, 2.45) is 0 Å². The van der Waals surface area contributed by atoms with Crippen molar-refractivity contribution in [1.82, 2.24) is 14.9 Å². The normalized spacial score (nSPS) is 16.7. The molecule has 134 valence electrons. The highest BCUT2D eigenvalue weighted by molar-refractivity contribution is 5.94. The quantitative estimate of drug-likeness (QED) is 0.839. The van der Waals surface area contributed by atoms with E-state index in [4.69, 9.17) is 10.00 Å². The first-order valence-electron chi connectivity index (χ1n) is 8.53. The molecule has 1 aromatic heterocycles. The van der Waals surface area contributed by atoms with E-state index in [1.807, 2.05) is 19.0 Å². The van der Waals surface area contributed by atoms with Gasteiger partial charge in [0, 0.05) is 38.6 Å². The monoisotopic (exact) mass is 351 g/mol. The summed E-state index contributed by atoms with van der Waals surface area (Å²) in [6.07, 6.45) is 4.83. The second-order valence-corrected chi connectivity index (χ2v) is 6.40. The number of likely N-dealkylation sites (tertiary alicyclic amines) is 1. The molecule has 1 atom stereocenters. The van der Waals surface area contributed by atoms with Crippen LogP contribution in [0.2, 0.25) is 0 Å². The number of piperidine rings is 1. The van der Waals surface area contributed by atoms with Crippen molar-refractivity contribution >= 4 is 11.7 Å². The van der Waals surface area contributed by atoms with E-state index >= 15 is 0 Å². The van der Waals surface area contributed by atoms with Crippen molar-refractivity contribution in [2.45, 2.75) is 18.9 Å². The minimum absolute atomic E-state index is 0.0465. The highest BCUT2D eigenvalue weighted by Crippen LogP contribution is 2.24. The predicted octanol–water partition coefficient (Wildman–Crippen LogP) is 2.10. The number of nitriles is 1. The van der Waals surface area contributed by atoms with E-state index < -0.39 is 0 Å². The summed E-state index contributed by atoms with van der Waals surface area (Å²) >= 11 is 0. The fraction of sp³-hybridized carbons (Fsp3) is 0.368. The van der Waals surface area contributed by atoms with E-state index in [2.05, 4.69) is 16.0 Å². The maximum atomic E-state index is 12.7. The van der Waals surface area contributed by atoms with Gasteiger partial charge in [-0.2, -0.15) is 5.26 Å². The first-order valence-corrected chi connectivity index (χ1v) is 8.53. The van der Waals surface area contributed by atoms with Gasteiger partial charge < -0.3 is 14.5 Å². The number of amides is 1. The van der Waals surface area contributed by atoms with E-state index in [0.29, 0.717) is 35.9 Å². The van der Waals surface area contributed by atoms with Crippen molar-refractivity contribution in [3.05, 3.63) is 47.8 Å². The van der Waals surface area contributed by atoms with Gasteiger partial charge in [0.1, 0.15) is 6.10 Å². The van der Waals surface area contributed by atoms with Crippen LogP contribution in [0, 0.1) is 11.3 Å². The fourth-order valence-corrected chi connectivity index (χ4v) is 2.95. The molecule has 0 radical (unpaired) electrons. The van der Waals surface area contributed by atoms with E-state index in [1.54, 1.807) is 41.6 Å². The second-order valence-electron chi connectivity index (χ2n) is 6.40. The van der Waals surface area contributed by atoms with Gasteiger partial charge >= 0.3 is 0 Å². The number of nitrogens with zero attached hydrogens (tertiary/aromatic N) is 5. The Morgan fingerprint density at radius 3 is 2.69 bits per heavy atom. The number of hydrogen-bond acceptors (Lipinski definition) is 6. The molecular weight excluding hydrogens is 330 g/mol. The third-order valence-corrected chi connectivity index (χ3v) is 4.27. The van der Waals surface area contributed by atoms with Gasteiger partial charge in [0.15, 0.2) is 5.82 Å². The maximum Gasteiger partial charge on any atom is 0.257 e. The van der Waals surface area contributed by atoms with Crippen LogP contribution in [0.25, 0.3) is 0 Å². The summed E-state index contributed by atoms with van der Waals surface area (Å²) in [5.41, 5.74) is 1.12. The number of aromatic nitrogens is 2. The predicted molar refractivity (Wildman–Crippen MR) is 97.1 cm³/mol. The first-order chi connectivity index (χ1) is 12.6. The number of carbonyl (C=O) groups is 1. The lowest BCUT2D eigenvalue weighted by Gasteiger charge is -2.33. The molecule has 7 nitrogen and oxygen atoms in total. The van der Waals surface area contributed by atoms with Crippen molar-refractivity contribution < 1.29 is 9.53 Å². The Morgan fingerprint density at radius 2 is 2.00 bits per heavy atom. The second kappa shape index (κ2) is 7.83. The van der Waals surface area contributed by atoms with Crippen LogP contribution in [0.4, 0.5) is 5.82 Å². The highest BCUT2D eigenvalue weighted by Gasteiger charge is 2.27. The van der Waals surface area contributed by atoms with Crippen molar-refractivity contribution in [1.29, 1.82) is 5.26 Å². The summed E-state index contributed by atoms with van der Waals surface area (Å²) in [5, 5.41) is 8.88. The molecule has 1 aliphatic heterocycles. The molecule has 0 aliphatic carbocycles. The Labute approximate surface area is 152 Å². The van der Waals surface area contributed by atoms with Crippen LogP contribution in [0.3, 0.4) is 0 Å². The van der Waals surface area contributed by atoms with Gasteiger partial charge in [-0.15, -0.1) is 0 Å². The number of ether oxygens (including phenoxy) is 1. The maximum absolute atomic E-state index is 12.7. The molecule has 1 aromatic carbocycles. The largest absolute Gasteiger partial charge is 0.470 e. The average Bonchev–Trinajstić information content (AvgIpc) is 2.68. The molecule has 0 N–H and O–H groups in total. The Bertz CT molecular complexity index is 813.